The van der Waals surface area contributed by atoms with Crippen LogP contribution in [0.1, 0.15) is 106 Å². The number of benzene rings is 6. The van der Waals surface area contributed by atoms with E-state index >= 15 is 0 Å². The Kier molecular flexibility index (Phi) is 7.49. The van der Waals surface area contributed by atoms with Crippen LogP contribution in [0.25, 0.3) is 33.0 Å². The molecule has 0 aliphatic heterocycles. The minimum atomic E-state index is -0.116. The van der Waals surface area contributed by atoms with Crippen molar-refractivity contribution in [2.75, 3.05) is 4.90 Å². The number of fused-ring (bicyclic) bond motifs is 6. The Bertz CT molecular complexity index is 2230. The molecule has 0 saturated heterocycles. The summed E-state index contributed by atoms with van der Waals surface area (Å²) < 4.78 is 0. The molecule has 3 fully saturated rings. The highest BCUT2D eigenvalue weighted by molar-refractivity contribution is 6.02. The lowest BCUT2D eigenvalue weighted by Gasteiger charge is -2.31. The van der Waals surface area contributed by atoms with E-state index in [0.29, 0.717) is 5.92 Å². The summed E-state index contributed by atoms with van der Waals surface area (Å²) in [5.41, 5.74) is 14.9. The van der Waals surface area contributed by atoms with Crippen LogP contribution < -0.4 is 4.90 Å². The summed E-state index contributed by atoms with van der Waals surface area (Å²) >= 11 is 0. The van der Waals surface area contributed by atoms with E-state index in [4.69, 9.17) is 0 Å². The molecule has 0 N–H and O–H groups in total. The second-order valence-electron chi connectivity index (χ2n) is 16.7. The van der Waals surface area contributed by atoms with Gasteiger partial charge in [-0.05, 0) is 142 Å². The maximum Gasteiger partial charge on any atom is 0.0542 e. The van der Waals surface area contributed by atoms with Crippen molar-refractivity contribution in [1.29, 1.82) is 0 Å². The lowest BCUT2D eigenvalue weighted by molar-refractivity contribution is 0.420. The maximum absolute atomic E-state index is 2.59. The van der Waals surface area contributed by atoms with Crippen molar-refractivity contribution in [3.63, 3.8) is 0 Å². The minimum absolute atomic E-state index is 0.116. The lowest BCUT2D eigenvalue weighted by atomic mass is 9.81. The smallest absolute Gasteiger partial charge is 0.0542 e. The number of rotatable bonds is 6. The number of nitrogens with zero attached hydrogens (tertiary/aromatic N) is 1. The highest BCUT2D eigenvalue weighted by Gasteiger charge is 2.40. The fraction of sp³-hybridized carbons (Fsp3) is 0.320. The van der Waals surface area contributed by atoms with Gasteiger partial charge in [0.25, 0.3) is 0 Å². The van der Waals surface area contributed by atoms with Gasteiger partial charge in [-0.1, -0.05) is 131 Å². The van der Waals surface area contributed by atoms with E-state index in [9.17, 15) is 0 Å². The van der Waals surface area contributed by atoms with Gasteiger partial charge in [0.15, 0.2) is 0 Å². The third-order valence-electron chi connectivity index (χ3n) is 13.5. The molecule has 1 nitrogen and oxygen atoms in total. The Morgan fingerprint density at radius 1 is 0.569 bits per heavy atom. The lowest BCUT2D eigenvalue weighted by Crippen LogP contribution is -2.17. The SMILES string of the molecule is CC1(C)c2cc(-c3ccccc3)ccc2-c2ccc(N(c3ccc(C4CC5CCC4C5)cc3)c3cccc4cccc(C5CCCCC5)c34)cc21. The van der Waals surface area contributed by atoms with E-state index < -0.39 is 0 Å². The first kappa shape index (κ1) is 31.1. The van der Waals surface area contributed by atoms with Gasteiger partial charge in [0.1, 0.15) is 0 Å². The molecule has 51 heavy (non-hydrogen) atoms. The number of anilines is 3. The van der Waals surface area contributed by atoms with E-state index in [1.807, 2.05) is 0 Å². The minimum Gasteiger partial charge on any atom is -0.310 e. The van der Waals surface area contributed by atoms with Crippen molar-refractivity contribution in [2.24, 2.45) is 11.8 Å². The van der Waals surface area contributed by atoms with Crippen LogP contribution in [-0.4, -0.2) is 0 Å². The highest BCUT2D eigenvalue weighted by Crippen LogP contribution is 2.54. The predicted octanol–water partition coefficient (Wildman–Crippen LogP) is 14.2. The highest BCUT2D eigenvalue weighted by atomic mass is 15.1. The van der Waals surface area contributed by atoms with Crippen LogP contribution >= 0.6 is 0 Å². The molecule has 0 spiro atoms. The zero-order valence-electron chi connectivity index (χ0n) is 30.2. The van der Waals surface area contributed by atoms with Crippen molar-refractivity contribution in [2.45, 2.75) is 88.9 Å². The molecule has 0 heterocycles. The summed E-state index contributed by atoms with van der Waals surface area (Å²) in [4.78, 5) is 2.59. The molecule has 0 amide bonds. The van der Waals surface area contributed by atoms with E-state index in [0.717, 1.165) is 17.8 Å². The predicted molar refractivity (Wildman–Crippen MR) is 216 cm³/mol. The molecule has 254 valence electrons. The van der Waals surface area contributed by atoms with Gasteiger partial charge in [0, 0.05) is 22.2 Å². The van der Waals surface area contributed by atoms with E-state index in [-0.39, 0.29) is 5.41 Å². The van der Waals surface area contributed by atoms with Gasteiger partial charge < -0.3 is 4.90 Å². The fourth-order valence-corrected chi connectivity index (χ4v) is 10.9. The van der Waals surface area contributed by atoms with Gasteiger partial charge in [-0.2, -0.15) is 0 Å². The number of hydrogen-bond donors (Lipinski definition) is 0. The molecule has 0 aromatic heterocycles. The van der Waals surface area contributed by atoms with Crippen molar-refractivity contribution >= 4 is 27.8 Å². The zero-order valence-corrected chi connectivity index (χ0v) is 30.2. The summed E-state index contributed by atoms with van der Waals surface area (Å²) in [5, 5.41) is 2.78. The Morgan fingerprint density at radius 2 is 1.29 bits per heavy atom. The molecule has 1 heteroatoms. The standard InChI is InChI=1S/C50H49N/c1-50(2)46-31-38(34-11-5-3-6-12-34)23-27-43(46)44-28-26-41(32-47(44)50)51(40-24-21-36(22-25-40)45-30-33-19-20-39(45)29-33)48-18-10-16-37-15-9-17-42(49(37)48)35-13-7-4-8-14-35/h3,5-6,9-12,15-18,21-28,31-33,35,39,45H,4,7-8,13-14,19-20,29-30H2,1-2H3. The Morgan fingerprint density at radius 3 is 2.04 bits per heavy atom. The summed E-state index contributed by atoms with van der Waals surface area (Å²) in [6, 6.07) is 49.1. The molecule has 2 bridgehead atoms. The summed E-state index contributed by atoms with van der Waals surface area (Å²) in [6.07, 6.45) is 12.3. The van der Waals surface area contributed by atoms with Gasteiger partial charge in [-0.25, -0.2) is 0 Å². The molecular formula is C50H49N. The monoisotopic (exact) mass is 663 g/mol. The van der Waals surface area contributed by atoms with Crippen LogP contribution in [0, 0.1) is 11.8 Å². The largest absolute Gasteiger partial charge is 0.310 e. The van der Waals surface area contributed by atoms with Crippen molar-refractivity contribution in [3.05, 3.63) is 150 Å². The quantitative estimate of drug-likeness (QED) is 0.171. The Hall–Kier alpha value is -4.62. The van der Waals surface area contributed by atoms with Crippen molar-refractivity contribution in [1.82, 2.24) is 0 Å². The van der Waals surface area contributed by atoms with Gasteiger partial charge in [-0.3, -0.25) is 0 Å². The van der Waals surface area contributed by atoms with Gasteiger partial charge in [0.2, 0.25) is 0 Å². The molecule has 4 aliphatic carbocycles. The maximum atomic E-state index is 2.59. The normalized spacial score (nSPS) is 21.9. The molecule has 6 aromatic rings. The topological polar surface area (TPSA) is 3.24 Å². The third-order valence-corrected chi connectivity index (χ3v) is 13.5. The van der Waals surface area contributed by atoms with Gasteiger partial charge >= 0.3 is 0 Å². The number of hydrogen-bond acceptors (Lipinski definition) is 1. The van der Waals surface area contributed by atoms with Crippen LogP contribution in [0.4, 0.5) is 17.1 Å². The van der Waals surface area contributed by atoms with Crippen molar-refractivity contribution in [3.8, 4) is 22.3 Å². The first-order valence-corrected chi connectivity index (χ1v) is 19.8. The Labute approximate surface area is 304 Å². The van der Waals surface area contributed by atoms with Gasteiger partial charge in [-0.15, -0.1) is 0 Å². The van der Waals surface area contributed by atoms with E-state index in [1.165, 1.54) is 125 Å². The molecule has 10 rings (SSSR count). The second kappa shape index (κ2) is 12.3. The van der Waals surface area contributed by atoms with Crippen LogP contribution in [0.5, 0.6) is 0 Å². The molecule has 3 atom stereocenters. The molecule has 3 saturated carbocycles. The van der Waals surface area contributed by atoms with Crippen molar-refractivity contribution < 1.29 is 0 Å². The fourth-order valence-electron chi connectivity index (χ4n) is 10.9. The van der Waals surface area contributed by atoms with Crippen LogP contribution in [-0.2, 0) is 5.41 Å². The molecular weight excluding hydrogens is 615 g/mol. The molecule has 4 aliphatic rings. The summed E-state index contributed by atoms with van der Waals surface area (Å²) in [6.45, 7) is 4.84. The second-order valence-corrected chi connectivity index (χ2v) is 16.7. The first-order valence-electron chi connectivity index (χ1n) is 19.8. The Balaban J connectivity index is 1.12. The summed E-state index contributed by atoms with van der Waals surface area (Å²) in [5.74, 6) is 3.20. The molecule has 6 aromatic carbocycles. The van der Waals surface area contributed by atoms with E-state index in [1.54, 1.807) is 5.56 Å². The van der Waals surface area contributed by atoms with Gasteiger partial charge in [0.05, 0.1) is 5.69 Å². The zero-order chi connectivity index (χ0) is 34.1. The third kappa shape index (κ3) is 5.18. The average molecular weight is 664 g/mol. The van der Waals surface area contributed by atoms with Crippen LogP contribution in [0.15, 0.2) is 127 Å². The van der Waals surface area contributed by atoms with Crippen LogP contribution in [0.3, 0.4) is 0 Å². The molecule has 3 unspecified atom stereocenters. The van der Waals surface area contributed by atoms with E-state index in [2.05, 4.69) is 146 Å². The van der Waals surface area contributed by atoms with Crippen LogP contribution in [0.2, 0.25) is 0 Å². The molecule has 0 radical (unpaired) electrons. The average Bonchev–Trinajstić information content (AvgIpc) is 3.88. The summed E-state index contributed by atoms with van der Waals surface area (Å²) in [7, 11) is 0. The first-order chi connectivity index (χ1) is 25.0.